The van der Waals surface area contributed by atoms with Crippen LogP contribution in [0.4, 0.5) is 0 Å². The van der Waals surface area contributed by atoms with Crippen LogP contribution in [0.15, 0.2) is 12.2 Å². The minimum absolute atomic E-state index is 0. The molecule has 0 saturated carbocycles. The summed E-state index contributed by atoms with van der Waals surface area (Å²) in [5, 5.41) is 5.95. The van der Waals surface area contributed by atoms with Crippen molar-refractivity contribution >= 4 is 28.0 Å². The van der Waals surface area contributed by atoms with E-state index in [1.807, 2.05) is 13.8 Å². The molecule has 3 atom stereocenters. The van der Waals surface area contributed by atoms with E-state index in [9.17, 15) is 27.4 Å². The maximum Gasteiger partial charge on any atom is 1.00 e. The van der Waals surface area contributed by atoms with Gasteiger partial charge in [-0.3, -0.25) is 14.1 Å². The van der Waals surface area contributed by atoms with Crippen molar-refractivity contribution in [1.29, 1.82) is 0 Å². The predicted molar refractivity (Wildman–Crippen MR) is 132 cm³/mol. The van der Waals surface area contributed by atoms with Crippen LogP contribution < -0.4 is 29.6 Å². The van der Waals surface area contributed by atoms with Gasteiger partial charge in [0.15, 0.2) is 5.25 Å². The first-order chi connectivity index (χ1) is 15.8. The minimum Gasteiger partial charge on any atom is -1.00 e. The molecule has 9 nitrogen and oxygen atoms in total. The first kappa shape index (κ1) is 38.6. The van der Waals surface area contributed by atoms with Gasteiger partial charge in [-0.05, 0) is 31.6 Å². The molecule has 0 rings (SSSR count). The maximum atomic E-state index is 12.2. The predicted octanol–water partition coefficient (Wildman–Crippen LogP) is 1.92. The number of carboxylic acid groups (broad SMARTS) is 1. The number of hydrogen-bond donors (Lipinski definition) is 2. The second-order valence-electron chi connectivity index (χ2n) is 8.44. The van der Waals surface area contributed by atoms with Crippen LogP contribution in [-0.2, 0) is 34.0 Å². The van der Waals surface area contributed by atoms with Crippen LogP contribution >= 0.6 is 0 Å². The van der Waals surface area contributed by atoms with Gasteiger partial charge in [-0.2, -0.15) is 8.42 Å². The molecule has 0 amide bonds. The first-order valence-electron chi connectivity index (χ1n) is 12.0. The molecule has 0 fully saturated rings. The SMILES string of the molecule is C=C(C)C(=O)O.CCCCC(CC)COC(=O)CC(C(=O)OCC(CC)CCCC)S(=O)(=O)O.[H-].[Na+]. The Kier molecular flexibility index (Phi) is 24.6. The van der Waals surface area contributed by atoms with Gasteiger partial charge < -0.3 is 16.0 Å². The number of carbonyl (C=O) groups is 3. The number of unbranched alkanes of at least 4 members (excludes halogenated alkanes) is 2. The van der Waals surface area contributed by atoms with Crippen LogP contribution in [0.25, 0.3) is 0 Å². The standard InChI is InChI=1S/C20H38O7S.C4H6O2.Na.H/c1-5-9-11-16(7-3)14-26-19(21)13-18(28(23,24)25)20(22)27-15-17(8-4)12-10-6-2;1-3(2)4(5)6;;/h16-18H,5-15H2,1-4H3,(H,23,24,25);1H2,2H3,(H,5,6);;/q;;+1;-1. The molecule has 0 saturated heterocycles. The fourth-order valence-electron chi connectivity index (χ4n) is 2.82. The third-order valence-corrected chi connectivity index (χ3v) is 6.45. The zero-order chi connectivity index (χ0) is 26.7. The molecule has 0 spiro atoms. The topological polar surface area (TPSA) is 144 Å². The largest absolute Gasteiger partial charge is 1.00 e. The summed E-state index contributed by atoms with van der Waals surface area (Å²) < 4.78 is 42.8. The maximum absolute atomic E-state index is 12.2. The Hall–Kier alpha value is -0.940. The summed E-state index contributed by atoms with van der Waals surface area (Å²) in [7, 11) is -4.76. The van der Waals surface area contributed by atoms with Crippen molar-refractivity contribution in [3.05, 3.63) is 12.2 Å². The van der Waals surface area contributed by atoms with E-state index >= 15 is 0 Å². The zero-order valence-electron chi connectivity index (χ0n) is 23.4. The van der Waals surface area contributed by atoms with Crippen molar-refractivity contribution in [2.75, 3.05) is 13.2 Å². The number of aliphatic carboxylic acids is 1. The van der Waals surface area contributed by atoms with Gasteiger partial charge in [0.05, 0.1) is 19.6 Å². The molecule has 0 aromatic carbocycles. The third kappa shape index (κ3) is 20.9. The van der Waals surface area contributed by atoms with E-state index in [0.29, 0.717) is 0 Å². The van der Waals surface area contributed by atoms with Gasteiger partial charge in [-0.1, -0.05) is 72.8 Å². The fourth-order valence-corrected chi connectivity index (χ4v) is 3.48. The molecule has 0 aromatic heterocycles. The summed E-state index contributed by atoms with van der Waals surface area (Å²) in [6.07, 6.45) is 6.74. The van der Waals surface area contributed by atoms with E-state index < -0.39 is 39.7 Å². The molecule has 11 heteroatoms. The van der Waals surface area contributed by atoms with E-state index in [2.05, 4.69) is 20.4 Å². The number of carboxylic acids is 1. The zero-order valence-corrected chi connectivity index (χ0v) is 25.2. The van der Waals surface area contributed by atoms with Crippen molar-refractivity contribution in [3.8, 4) is 0 Å². The molecule has 2 N–H and O–H groups in total. The molecule has 0 aliphatic carbocycles. The Morgan fingerprint density at radius 3 is 1.63 bits per heavy atom. The number of carbonyl (C=O) groups excluding carboxylic acids is 2. The van der Waals surface area contributed by atoms with E-state index in [-0.39, 0.29) is 61.6 Å². The van der Waals surface area contributed by atoms with Gasteiger partial charge in [-0.25, -0.2) is 4.79 Å². The van der Waals surface area contributed by atoms with Gasteiger partial charge in [0.2, 0.25) is 0 Å². The second-order valence-corrected chi connectivity index (χ2v) is 10.0. The van der Waals surface area contributed by atoms with Crippen molar-refractivity contribution in [1.82, 2.24) is 0 Å². The Balaban J connectivity index is -0.000000567. The molecule has 35 heavy (non-hydrogen) atoms. The van der Waals surface area contributed by atoms with Crippen LogP contribution in [0.3, 0.4) is 0 Å². The molecule has 0 radical (unpaired) electrons. The van der Waals surface area contributed by atoms with E-state index in [0.717, 1.165) is 51.4 Å². The van der Waals surface area contributed by atoms with Gasteiger partial charge in [-0.15, -0.1) is 0 Å². The van der Waals surface area contributed by atoms with Crippen LogP contribution in [0, 0.1) is 11.8 Å². The van der Waals surface area contributed by atoms with Crippen molar-refractivity contribution < 1.29 is 72.9 Å². The summed E-state index contributed by atoms with van der Waals surface area (Å²) in [6, 6.07) is 0. The average Bonchev–Trinajstić information content (AvgIpc) is 2.77. The molecule has 0 aromatic rings. The fraction of sp³-hybridized carbons (Fsp3) is 0.792. The Morgan fingerprint density at radius 2 is 1.31 bits per heavy atom. The van der Waals surface area contributed by atoms with Crippen LogP contribution in [-0.4, -0.2) is 54.4 Å². The molecule has 0 heterocycles. The Morgan fingerprint density at radius 1 is 0.914 bits per heavy atom. The molecular weight excluding hydrogens is 487 g/mol. The van der Waals surface area contributed by atoms with E-state index in [1.54, 1.807) is 0 Å². The van der Waals surface area contributed by atoms with E-state index in [1.165, 1.54) is 6.92 Å². The van der Waals surface area contributed by atoms with Gasteiger partial charge in [0.1, 0.15) is 0 Å². The number of hydrogen-bond acceptors (Lipinski definition) is 7. The Bertz CT molecular complexity index is 717. The molecule has 202 valence electrons. The molecule has 3 unspecified atom stereocenters. The number of ether oxygens (including phenoxy) is 2. The van der Waals surface area contributed by atoms with Crippen molar-refractivity contribution in [2.45, 2.75) is 97.7 Å². The molecule has 0 aliphatic heterocycles. The smallest absolute Gasteiger partial charge is 1.00 e. The normalized spacial score (nSPS) is 13.2. The second kappa shape index (κ2) is 22.3. The minimum atomic E-state index is -4.76. The molecule has 0 aliphatic rings. The van der Waals surface area contributed by atoms with Gasteiger partial charge in [0.25, 0.3) is 10.1 Å². The quantitative estimate of drug-likeness (QED) is 0.124. The van der Waals surface area contributed by atoms with Gasteiger partial charge in [0, 0.05) is 5.57 Å². The summed E-state index contributed by atoms with van der Waals surface area (Å²) >= 11 is 0. The first-order valence-corrected chi connectivity index (χ1v) is 13.5. The van der Waals surface area contributed by atoms with Crippen LogP contribution in [0.2, 0.25) is 0 Å². The van der Waals surface area contributed by atoms with E-state index in [4.69, 9.17) is 14.6 Å². The summed E-state index contributed by atoms with van der Waals surface area (Å²) in [5.74, 6) is -2.54. The average molecular weight is 533 g/mol. The summed E-state index contributed by atoms with van der Waals surface area (Å²) in [4.78, 5) is 33.8. The van der Waals surface area contributed by atoms with Crippen molar-refractivity contribution in [3.63, 3.8) is 0 Å². The number of esters is 2. The molecule has 0 bridgehead atoms. The monoisotopic (exact) mass is 532 g/mol. The third-order valence-electron chi connectivity index (χ3n) is 5.37. The Labute approximate surface area is 234 Å². The van der Waals surface area contributed by atoms with Crippen molar-refractivity contribution in [2.24, 2.45) is 11.8 Å². The van der Waals surface area contributed by atoms with Gasteiger partial charge >= 0.3 is 47.5 Å². The van der Waals surface area contributed by atoms with Crippen LogP contribution in [0.1, 0.15) is 93.8 Å². The summed E-state index contributed by atoms with van der Waals surface area (Å²) in [5.41, 5.74) is 0.176. The molecular formula is C24H45NaO9S. The summed E-state index contributed by atoms with van der Waals surface area (Å²) in [6.45, 7) is 13.0. The number of rotatable bonds is 17. The van der Waals surface area contributed by atoms with Crippen LogP contribution in [0.5, 0.6) is 0 Å².